The lowest BCUT2D eigenvalue weighted by atomic mass is 10.1. The van der Waals surface area contributed by atoms with E-state index in [1.54, 1.807) is 12.0 Å². The van der Waals surface area contributed by atoms with Gasteiger partial charge in [0.2, 0.25) is 0 Å². The van der Waals surface area contributed by atoms with Crippen molar-refractivity contribution < 1.29 is 14.3 Å². The molecular formula is C18H24N4O3. The van der Waals surface area contributed by atoms with E-state index >= 15 is 0 Å². The van der Waals surface area contributed by atoms with Gasteiger partial charge in [-0.25, -0.2) is 4.79 Å². The Morgan fingerprint density at radius 3 is 2.76 bits per heavy atom. The summed E-state index contributed by atoms with van der Waals surface area (Å²) in [5.41, 5.74) is 2.85. The molecule has 0 bridgehead atoms. The van der Waals surface area contributed by atoms with E-state index in [0.29, 0.717) is 32.1 Å². The lowest BCUT2D eigenvalue weighted by Gasteiger charge is -2.39. The summed E-state index contributed by atoms with van der Waals surface area (Å²) in [6.45, 7) is 6.35. The minimum atomic E-state index is -0.105. The van der Waals surface area contributed by atoms with E-state index in [4.69, 9.17) is 9.47 Å². The zero-order valence-corrected chi connectivity index (χ0v) is 14.9. The number of benzene rings is 1. The highest BCUT2D eigenvalue weighted by atomic mass is 16.5. The van der Waals surface area contributed by atoms with Crippen LogP contribution in [0.25, 0.3) is 0 Å². The molecule has 7 nitrogen and oxygen atoms in total. The molecular weight excluding hydrogens is 320 g/mol. The van der Waals surface area contributed by atoms with Gasteiger partial charge in [0.15, 0.2) is 0 Å². The normalized spacial score (nSPS) is 14.3. The van der Waals surface area contributed by atoms with Crippen LogP contribution >= 0.6 is 0 Å². The Labute approximate surface area is 147 Å². The Bertz CT molecular complexity index is 738. The highest BCUT2D eigenvalue weighted by molar-refractivity contribution is 5.90. The van der Waals surface area contributed by atoms with Crippen molar-refractivity contribution in [3.05, 3.63) is 41.7 Å². The minimum Gasteiger partial charge on any atom is -0.491 e. The number of carbonyl (C=O) groups excluding carboxylic acids is 1. The quantitative estimate of drug-likeness (QED) is 0.818. The van der Waals surface area contributed by atoms with Gasteiger partial charge in [-0.15, -0.1) is 0 Å². The molecule has 1 aliphatic rings. The van der Waals surface area contributed by atoms with Crippen molar-refractivity contribution >= 4 is 11.7 Å². The van der Waals surface area contributed by atoms with Crippen molar-refractivity contribution in [2.24, 2.45) is 0 Å². The molecule has 0 unspecified atom stereocenters. The highest BCUT2D eigenvalue weighted by Crippen LogP contribution is 2.24. The van der Waals surface area contributed by atoms with E-state index in [-0.39, 0.29) is 12.1 Å². The molecule has 2 heterocycles. The van der Waals surface area contributed by atoms with Crippen LogP contribution in [-0.4, -0.2) is 54.1 Å². The monoisotopic (exact) mass is 344 g/mol. The third-order valence-electron chi connectivity index (χ3n) is 4.18. The maximum Gasteiger partial charge on any atom is 0.321 e. The van der Waals surface area contributed by atoms with Crippen LogP contribution in [0.3, 0.4) is 0 Å². The van der Waals surface area contributed by atoms with Gasteiger partial charge in [-0.1, -0.05) is 6.07 Å². The van der Waals surface area contributed by atoms with Crippen LogP contribution in [0.4, 0.5) is 10.5 Å². The number of urea groups is 1. The number of amides is 2. The molecule has 1 aromatic heterocycles. The summed E-state index contributed by atoms with van der Waals surface area (Å²) in [7, 11) is 1.63. The number of ether oxygens (including phenoxy) is 2. The molecule has 0 radical (unpaired) electrons. The smallest absolute Gasteiger partial charge is 0.321 e. The Hall–Kier alpha value is -2.54. The first kappa shape index (κ1) is 17.3. The fraction of sp³-hybridized carbons (Fsp3) is 0.444. The molecule has 1 fully saturated rings. The van der Waals surface area contributed by atoms with E-state index in [9.17, 15) is 4.79 Å². The Morgan fingerprint density at radius 2 is 2.08 bits per heavy atom. The van der Waals surface area contributed by atoms with E-state index in [2.05, 4.69) is 16.5 Å². The summed E-state index contributed by atoms with van der Waals surface area (Å²) < 4.78 is 12.5. The predicted octanol–water partition coefficient (Wildman–Crippen LogP) is 2.61. The Kier molecular flexibility index (Phi) is 5.23. The molecule has 134 valence electrons. The molecule has 1 N–H and O–H groups in total. The van der Waals surface area contributed by atoms with Gasteiger partial charge in [0.1, 0.15) is 12.4 Å². The largest absolute Gasteiger partial charge is 0.491 e. The number of anilines is 1. The summed E-state index contributed by atoms with van der Waals surface area (Å²) in [6, 6.07) is 9.57. The van der Waals surface area contributed by atoms with E-state index < -0.39 is 0 Å². The number of nitrogens with zero attached hydrogens (tertiary/aromatic N) is 3. The fourth-order valence-electron chi connectivity index (χ4n) is 2.90. The van der Waals surface area contributed by atoms with Gasteiger partial charge in [-0.2, -0.15) is 5.10 Å². The summed E-state index contributed by atoms with van der Waals surface area (Å²) >= 11 is 0. The second-order valence-corrected chi connectivity index (χ2v) is 6.23. The van der Waals surface area contributed by atoms with Crippen molar-refractivity contribution in [3.63, 3.8) is 0 Å². The number of hydrogen-bond acceptors (Lipinski definition) is 4. The van der Waals surface area contributed by atoms with Crippen LogP contribution in [0.5, 0.6) is 5.75 Å². The fourth-order valence-corrected chi connectivity index (χ4v) is 2.90. The number of nitrogens with one attached hydrogen (secondary N) is 1. The topological polar surface area (TPSA) is 68.6 Å². The van der Waals surface area contributed by atoms with Crippen LogP contribution in [0, 0.1) is 13.8 Å². The molecule has 0 spiro atoms. The molecule has 0 saturated carbocycles. The third-order valence-corrected chi connectivity index (χ3v) is 4.18. The average Bonchev–Trinajstić information content (AvgIpc) is 2.85. The van der Waals surface area contributed by atoms with Gasteiger partial charge in [0.25, 0.3) is 0 Å². The molecule has 1 saturated heterocycles. The summed E-state index contributed by atoms with van der Waals surface area (Å²) in [6.07, 6.45) is 0. The van der Waals surface area contributed by atoms with Crippen molar-refractivity contribution in [1.29, 1.82) is 0 Å². The lowest BCUT2D eigenvalue weighted by molar-refractivity contribution is 0.127. The van der Waals surface area contributed by atoms with Gasteiger partial charge in [0, 0.05) is 37.6 Å². The Balaban J connectivity index is 1.52. The van der Waals surface area contributed by atoms with Gasteiger partial charge in [0.05, 0.1) is 18.3 Å². The SMILES string of the molecule is COCCOc1cccc(NC(=O)N2CC(n3nc(C)cc3C)C2)c1. The predicted molar refractivity (Wildman–Crippen MR) is 95.1 cm³/mol. The first-order valence-electron chi connectivity index (χ1n) is 8.37. The lowest BCUT2D eigenvalue weighted by Crippen LogP contribution is -2.52. The molecule has 0 atom stereocenters. The van der Waals surface area contributed by atoms with Crippen LogP contribution in [-0.2, 0) is 4.74 Å². The Morgan fingerprint density at radius 1 is 1.28 bits per heavy atom. The maximum absolute atomic E-state index is 12.4. The van der Waals surface area contributed by atoms with Crippen molar-refractivity contribution in [2.75, 3.05) is 38.7 Å². The van der Waals surface area contributed by atoms with Gasteiger partial charge >= 0.3 is 6.03 Å². The highest BCUT2D eigenvalue weighted by Gasteiger charge is 2.33. The minimum absolute atomic E-state index is 0.105. The second kappa shape index (κ2) is 7.57. The van der Waals surface area contributed by atoms with E-state index in [1.165, 1.54) is 0 Å². The van der Waals surface area contributed by atoms with Crippen LogP contribution in [0.1, 0.15) is 17.4 Å². The summed E-state index contributed by atoms with van der Waals surface area (Å²) in [4.78, 5) is 14.1. The number of rotatable bonds is 6. The molecule has 1 aromatic carbocycles. The standard InChI is InChI=1S/C18H24N4O3/c1-13-9-14(2)22(20-13)16-11-21(12-16)18(23)19-15-5-4-6-17(10-15)25-8-7-24-3/h4-6,9-10,16H,7-8,11-12H2,1-3H3,(H,19,23). The number of hydrogen-bond donors (Lipinski definition) is 1. The second-order valence-electron chi connectivity index (χ2n) is 6.23. The van der Waals surface area contributed by atoms with Gasteiger partial charge in [-0.05, 0) is 32.0 Å². The molecule has 7 heteroatoms. The molecule has 25 heavy (non-hydrogen) atoms. The zero-order chi connectivity index (χ0) is 17.8. The number of aromatic nitrogens is 2. The van der Waals surface area contributed by atoms with E-state index in [0.717, 1.165) is 17.1 Å². The number of carbonyl (C=O) groups is 1. The summed E-state index contributed by atoms with van der Waals surface area (Å²) in [5, 5.41) is 7.40. The first-order chi connectivity index (χ1) is 12.1. The molecule has 2 amide bonds. The molecule has 3 rings (SSSR count). The molecule has 2 aromatic rings. The average molecular weight is 344 g/mol. The first-order valence-corrected chi connectivity index (χ1v) is 8.37. The van der Waals surface area contributed by atoms with E-state index in [1.807, 2.05) is 42.8 Å². The number of methoxy groups -OCH3 is 1. The van der Waals surface area contributed by atoms with Crippen LogP contribution < -0.4 is 10.1 Å². The number of aryl methyl sites for hydroxylation is 2. The summed E-state index contributed by atoms with van der Waals surface area (Å²) in [5.74, 6) is 0.707. The van der Waals surface area contributed by atoms with Gasteiger partial charge in [-0.3, -0.25) is 4.68 Å². The van der Waals surface area contributed by atoms with Crippen LogP contribution in [0.15, 0.2) is 30.3 Å². The van der Waals surface area contributed by atoms with Gasteiger partial charge < -0.3 is 19.7 Å². The van der Waals surface area contributed by atoms with Crippen molar-refractivity contribution in [3.8, 4) is 5.75 Å². The van der Waals surface area contributed by atoms with Crippen LogP contribution in [0.2, 0.25) is 0 Å². The maximum atomic E-state index is 12.4. The zero-order valence-electron chi connectivity index (χ0n) is 14.9. The number of likely N-dealkylation sites (tertiary alicyclic amines) is 1. The van der Waals surface area contributed by atoms with Crippen molar-refractivity contribution in [1.82, 2.24) is 14.7 Å². The molecule has 0 aliphatic carbocycles. The molecule has 1 aliphatic heterocycles. The third kappa shape index (κ3) is 4.11. The van der Waals surface area contributed by atoms with Crippen molar-refractivity contribution in [2.45, 2.75) is 19.9 Å².